The lowest BCUT2D eigenvalue weighted by molar-refractivity contribution is -0.135. The van der Waals surface area contributed by atoms with Crippen LogP contribution in [0.2, 0.25) is 0 Å². The molecule has 1 aliphatic rings. The van der Waals surface area contributed by atoms with E-state index < -0.39 is 6.04 Å². The van der Waals surface area contributed by atoms with E-state index in [0.29, 0.717) is 42.5 Å². The van der Waals surface area contributed by atoms with Crippen molar-refractivity contribution < 1.29 is 14.0 Å². The number of carbonyl (C=O) groups excluding carboxylic acids is 2. The highest BCUT2D eigenvalue weighted by atomic mass is 32.1. The zero-order valence-corrected chi connectivity index (χ0v) is 18.4. The van der Waals surface area contributed by atoms with Gasteiger partial charge in [-0.1, -0.05) is 6.07 Å². The van der Waals surface area contributed by atoms with Crippen LogP contribution in [-0.2, 0) is 4.79 Å². The van der Waals surface area contributed by atoms with Gasteiger partial charge in [0.1, 0.15) is 11.9 Å². The number of carbonyl (C=O) groups is 2. The van der Waals surface area contributed by atoms with E-state index in [1.54, 1.807) is 21.3 Å². The lowest BCUT2D eigenvalue weighted by Gasteiger charge is -2.36. The predicted molar refractivity (Wildman–Crippen MR) is 119 cm³/mol. The second kappa shape index (κ2) is 8.98. The maximum absolute atomic E-state index is 13.1. The minimum Gasteiger partial charge on any atom is -0.337 e. The quantitative estimate of drug-likeness (QED) is 0.581. The molecular weight excluding hydrogens is 439 g/mol. The molecule has 11 heteroatoms. The zero-order valence-electron chi connectivity index (χ0n) is 16.7. The van der Waals surface area contributed by atoms with Crippen LogP contribution in [-0.4, -0.2) is 62.7 Å². The SMILES string of the molecule is CC(C(=O)N1CCN(C(=O)Nc2ccc(F)cc2)CC1)n1c(-c2cccs2)n[nH]c1=S. The van der Waals surface area contributed by atoms with Gasteiger partial charge < -0.3 is 15.1 Å². The Labute approximate surface area is 187 Å². The average Bonchev–Trinajstić information content (AvgIpc) is 3.44. The number of benzene rings is 1. The average molecular weight is 461 g/mol. The molecule has 0 aliphatic carbocycles. The molecule has 4 rings (SSSR count). The van der Waals surface area contributed by atoms with Crippen LogP contribution in [0, 0.1) is 10.6 Å². The number of aromatic amines is 1. The van der Waals surface area contributed by atoms with Crippen molar-refractivity contribution in [1.29, 1.82) is 0 Å². The normalized spacial score (nSPS) is 15.0. The van der Waals surface area contributed by atoms with Crippen LogP contribution in [0.25, 0.3) is 10.7 Å². The topological polar surface area (TPSA) is 86.3 Å². The number of thiophene rings is 1. The Bertz CT molecular complexity index is 1120. The molecular formula is C20H21FN6O2S2. The summed E-state index contributed by atoms with van der Waals surface area (Å²) in [6, 6.07) is 8.65. The van der Waals surface area contributed by atoms with E-state index in [1.165, 1.54) is 35.6 Å². The fourth-order valence-electron chi connectivity index (χ4n) is 3.48. The van der Waals surface area contributed by atoms with Crippen molar-refractivity contribution in [3.63, 3.8) is 0 Å². The van der Waals surface area contributed by atoms with Crippen molar-refractivity contribution in [3.8, 4) is 10.7 Å². The fourth-order valence-corrected chi connectivity index (χ4v) is 4.48. The summed E-state index contributed by atoms with van der Waals surface area (Å²) in [6.45, 7) is 3.44. The van der Waals surface area contributed by atoms with Crippen molar-refractivity contribution in [1.82, 2.24) is 24.6 Å². The molecule has 2 N–H and O–H groups in total. The van der Waals surface area contributed by atoms with E-state index in [2.05, 4.69) is 15.5 Å². The first-order valence-corrected chi connectivity index (χ1v) is 11.0. The van der Waals surface area contributed by atoms with Crippen molar-refractivity contribution >= 4 is 41.2 Å². The molecule has 0 saturated carbocycles. The predicted octanol–water partition coefficient (Wildman–Crippen LogP) is 3.75. The summed E-state index contributed by atoms with van der Waals surface area (Å²) < 4.78 is 15.1. The summed E-state index contributed by atoms with van der Waals surface area (Å²) >= 11 is 6.89. The number of amides is 3. The fraction of sp³-hybridized carbons (Fsp3) is 0.300. The lowest BCUT2D eigenvalue weighted by atomic mass is 10.2. The van der Waals surface area contributed by atoms with E-state index in [9.17, 15) is 14.0 Å². The lowest BCUT2D eigenvalue weighted by Crippen LogP contribution is -2.52. The van der Waals surface area contributed by atoms with Gasteiger partial charge in [0.25, 0.3) is 0 Å². The van der Waals surface area contributed by atoms with Gasteiger partial charge in [-0.05, 0) is 54.9 Å². The van der Waals surface area contributed by atoms with Gasteiger partial charge in [0.2, 0.25) is 5.91 Å². The van der Waals surface area contributed by atoms with Gasteiger partial charge in [-0.2, -0.15) is 5.10 Å². The number of nitrogens with one attached hydrogen (secondary N) is 2. The molecule has 3 amide bonds. The Kier molecular flexibility index (Phi) is 6.14. The second-order valence-corrected chi connectivity index (χ2v) is 8.46. The zero-order chi connectivity index (χ0) is 22.0. The Morgan fingerprint density at radius 1 is 1.16 bits per heavy atom. The number of hydrogen-bond donors (Lipinski definition) is 2. The van der Waals surface area contributed by atoms with Gasteiger partial charge in [0.15, 0.2) is 10.6 Å². The van der Waals surface area contributed by atoms with Crippen LogP contribution in [0.15, 0.2) is 41.8 Å². The molecule has 0 bridgehead atoms. The summed E-state index contributed by atoms with van der Waals surface area (Å²) in [6.07, 6.45) is 0. The summed E-state index contributed by atoms with van der Waals surface area (Å²) in [5.41, 5.74) is 0.522. The number of aromatic nitrogens is 3. The first-order chi connectivity index (χ1) is 14.9. The Balaban J connectivity index is 1.38. The maximum atomic E-state index is 13.1. The van der Waals surface area contributed by atoms with Gasteiger partial charge in [-0.25, -0.2) is 9.18 Å². The highest BCUT2D eigenvalue weighted by Crippen LogP contribution is 2.26. The van der Waals surface area contributed by atoms with Crippen LogP contribution in [0.1, 0.15) is 13.0 Å². The first kappa shape index (κ1) is 21.2. The Morgan fingerprint density at radius 2 is 1.84 bits per heavy atom. The highest BCUT2D eigenvalue weighted by molar-refractivity contribution is 7.71. The minimum absolute atomic E-state index is 0.0751. The summed E-state index contributed by atoms with van der Waals surface area (Å²) in [4.78, 5) is 29.9. The summed E-state index contributed by atoms with van der Waals surface area (Å²) in [7, 11) is 0. The van der Waals surface area contributed by atoms with E-state index in [0.717, 1.165) is 4.88 Å². The molecule has 1 unspecified atom stereocenters. The molecule has 31 heavy (non-hydrogen) atoms. The van der Waals surface area contributed by atoms with Crippen molar-refractivity contribution in [2.24, 2.45) is 0 Å². The monoisotopic (exact) mass is 460 g/mol. The van der Waals surface area contributed by atoms with E-state index in [1.807, 2.05) is 17.5 Å². The largest absolute Gasteiger partial charge is 0.337 e. The molecule has 2 aromatic heterocycles. The molecule has 3 heterocycles. The molecule has 3 aromatic rings. The first-order valence-electron chi connectivity index (χ1n) is 9.75. The van der Waals surface area contributed by atoms with E-state index in [4.69, 9.17) is 12.2 Å². The van der Waals surface area contributed by atoms with Crippen molar-refractivity contribution in [3.05, 3.63) is 52.4 Å². The van der Waals surface area contributed by atoms with Gasteiger partial charge >= 0.3 is 6.03 Å². The van der Waals surface area contributed by atoms with Gasteiger partial charge in [-0.3, -0.25) is 14.5 Å². The smallest absolute Gasteiger partial charge is 0.321 e. The van der Waals surface area contributed by atoms with Gasteiger partial charge in [-0.15, -0.1) is 11.3 Å². The second-order valence-electron chi connectivity index (χ2n) is 7.13. The molecule has 8 nitrogen and oxygen atoms in total. The van der Waals surface area contributed by atoms with E-state index >= 15 is 0 Å². The van der Waals surface area contributed by atoms with Crippen LogP contribution >= 0.6 is 23.6 Å². The number of halogens is 1. The van der Waals surface area contributed by atoms with Crippen molar-refractivity contribution in [2.45, 2.75) is 13.0 Å². The standard InChI is InChI=1S/C20H21FN6O2S2/c1-13(27-17(23-24-20(27)30)16-3-2-12-31-16)18(28)25-8-10-26(11-9-25)19(29)22-15-6-4-14(21)5-7-15/h2-7,12-13H,8-11H2,1H3,(H,22,29)(H,24,30). The van der Waals surface area contributed by atoms with Crippen LogP contribution < -0.4 is 5.32 Å². The number of hydrogen-bond acceptors (Lipinski definition) is 5. The van der Waals surface area contributed by atoms with Gasteiger partial charge in [0.05, 0.1) is 4.88 Å². The number of urea groups is 1. The minimum atomic E-state index is -0.525. The molecule has 0 radical (unpaired) electrons. The number of H-pyrrole nitrogens is 1. The number of piperazine rings is 1. The van der Waals surface area contributed by atoms with Crippen LogP contribution in [0.5, 0.6) is 0 Å². The molecule has 1 saturated heterocycles. The summed E-state index contributed by atoms with van der Waals surface area (Å²) in [5, 5.41) is 11.8. The highest BCUT2D eigenvalue weighted by Gasteiger charge is 2.29. The molecule has 162 valence electrons. The number of nitrogens with zero attached hydrogens (tertiary/aromatic N) is 4. The molecule has 1 fully saturated rings. The third-order valence-electron chi connectivity index (χ3n) is 5.16. The Morgan fingerprint density at radius 3 is 2.48 bits per heavy atom. The number of anilines is 1. The number of rotatable bonds is 4. The van der Waals surface area contributed by atoms with E-state index in [-0.39, 0.29) is 17.8 Å². The van der Waals surface area contributed by atoms with Crippen LogP contribution in [0.3, 0.4) is 0 Å². The third kappa shape index (κ3) is 4.52. The van der Waals surface area contributed by atoms with Gasteiger partial charge in [0, 0.05) is 31.9 Å². The third-order valence-corrected chi connectivity index (χ3v) is 6.32. The van der Waals surface area contributed by atoms with Crippen molar-refractivity contribution in [2.75, 3.05) is 31.5 Å². The molecule has 0 spiro atoms. The van der Waals surface area contributed by atoms with Crippen LogP contribution in [0.4, 0.5) is 14.9 Å². The molecule has 1 atom stereocenters. The molecule has 1 aliphatic heterocycles. The Hall–Kier alpha value is -3.05. The molecule has 1 aromatic carbocycles. The summed E-state index contributed by atoms with van der Waals surface area (Å²) in [5.74, 6) is 0.200. The maximum Gasteiger partial charge on any atom is 0.321 e.